The van der Waals surface area contributed by atoms with Crippen LogP contribution >= 0.6 is 0 Å². The number of nitrogens with zero attached hydrogens (tertiary/aromatic N) is 2. The molecular formula is C14H15FN2O3. The molecule has 2 rings (SSSR count). The van der Waals surface area contributed by atoms with Crippen LogP contribution in [-0.4, -0.2) is 34.0 Å². The molecule has 0 aliphatic rings. The van der Waals surface area contributed by atoms with Gasteiger partial charge in [-0.05, 0) is 26.1 Å². The summed E-state index contributed by atoms with van der Waals surface area (Å²) in [7, 11) is 1.66. The van der Waals surface area contributed by atoms with Gasteiger partial charge in [0.1, 0.15) is 11.9 Å². The summed E-state index contributed by atoms with van der Waals surface area (Å²) in [6.45, 7) is 1.81. The highest BCUT2D eigenvalue weighted by Gasteiger charge is 2.19. The zero-order chi connectivity index (χ0) is 14.7. The summed E-state index contributed by atoms with van der Waals surface area (Å²) in [5.74, 6) is -0.635. The third-order valence-corrected chi connectivity index (χ3v) is 3.10. The molecule has 0 aliphatic carbocycles. The first kappa shape index (κ1) is 14.2. The summed E-state index contributed by atoms with van der Waals surface area (Å²) in [5.41, 5.74) is 0.334. The van der Waals surface area contributed by atoms with Gasteiger partial charge < -0.3 is 9.52 Å². The number of rotatable bonds is 5. The van der Waals surface area contributed by atoms with Crippen LogP contribution in [0.15, 0.2) is 34.9 Å². The Hall–Kier alpha value is -2.21. The molecule has 20 heavy (non-hydrogen) atoms. The Morgan fingerprint density at radius 2 is 2.20 bits per heavy atom. The zero-order valence-electron chi connectivity index (χ0n) is 11.2. The van der Waals surface area contributed by atoms with Crippen molar-refractivity contribution < 1.29 is 18.7 Å². The molecule has 0 radical (unpaired) electrons. The lowest BCUT2D eigenvalue weighted by Gasteiger charge is -2.18. The molecule has 6 heteroatoms. The molecule has 1 N–H and O–H groups in total. The molecule has 0 amide bonds. The highest BCUT2D eigenvalue weighted by Crippen LogP contribution is 2.23. The SMILES string of the molecule is CC(C(=O)O)N(C)Cc1ncc(-c2ccccc2F)o1. The molecule has 2 aromatic rings. The molecule has 0 saturated carbocycles. The summed E-state index contributed by atoms with van der Waals surface area (Å²) in [6.07, 6.45) is 1.44. The van der Waals surface area contributed by atoms with E-state index in [4.69, 9.17) is 9.52 Å². The van der Waals surface area contributed by atoms with Crippen LogP contribution < -0.4 is 0 Å². The van der Waals surface area contributed by atoms with Crippen molar-refractivity contribution in [3.05, 3.63) is 42.2 Å². The first-order chi connectivity index (χ1) is 9.49. The van der Waals surface area contributed by atoms with Crippen molar-refractivity contribution in [3.63, 3.8) is 0 Å². The molecule has 0 saturated heterocycles. The van der Waals surface area contributed by atoms with Gasteiger partial charge in [0.25, 0.3) is 0 Å². The van der Waals surface area contributed by atoms with Gasteiger partial charge in [0.15, 0.2) is 5.76 Å². The molecule has 0 spiro atoms. The summed E-state index contributed by atoms with van der Waals surface area (Å²) in [6, 6.07) is 5.59. The second-order valence-electron chi connectivity index (χ2n) is 4.53. The van der Waals surface area contributed by atoms with Gasteiger partial charge in [-0.2, -0.15) is 0 Å². The van der Waals surface area contributed by atoms with Crippen LogP contribution in [0.4, 0.5) is 4.39 Å². The average Bonchev–Trinajstić information content (AvgIpc) is 2.86. The van der Waals surface area contributed by atoms with Gasteiger partial charge in [-0.25, -0.2) is 9.37 Å². The molecule has 1 heterocycles. The van der Waals surface area contributed by atoms with Crippen LogP contribution in [0.5, 0.6) is 0 Å². The minimum Gasteiger partial charge on any atom is -0.480 e. The fraction of sp³-hybridized carbons (Fsp3) is 0.286. The lowest BCUT2D eigenvalue weighted by atomic mass is 10.2. The number of aliphatic carboxylic acids is 1. The fourth-order valence-electron chi connectivity index (χ4n) is 1.71. The van der Waals surface area contributed by atoms with Crippen LogP contribution in [-0.2, 0) is 11.3 Å². The van der Waals surface area contributed by atoms with Crippen LogP contribution in [0.1, 0.15) is 12.8 Å². The molecular weight excluding hydrogens is 263 g/mol. The minimum atomic E-state index is -0.923. The van der Waals surface area contributed by atoms with E-state index in [1.54, 1.807) is 37.1 Å². The van der Waals surface area contributed by atoms with Gasteiger partial charge in [-0.15, -0.1) is 0 Å². The first-order valence-electron chi connectivity index (χ1n) is 6.11. The van der Waals surface area contributed by atoms with E-state index in [-0.39, 0.29) is 12.4 Å². The molecule has 5 nitrogen and oxygen atoms in total. The third-order valence-electron chi connectivity index (χ3n) is 3.10. The topological polar surface area (TPSA) is 66.6 Å². The number of carbonyl (C=O) groups is 1. The molecule has 1 aromatic heterocycles. The van der Waals surface area contributed by atoms with E-state index in [1.807, 2.05) is 0 Å². The average molecular weight is 278 g/mol. The molecule has 0 bridgehead atoms. The summed E-state index contributed by atoms with van der Waals surface area (Å²) in [4.78, 5) is 16.5. The highest BCUT2D eigenvalue weighted by molar-refractivity contribution is 5.72. The number of halogens is 1. The van der Waals surface area contributed by atoms with Gasteiger partial charge >= 0.3 is 5.97 Å². The lowest BCUT2D eigenvalue weighted by Crippen LogP contribution is -2.35. The molecule has 0 aliphatic heterocycles. The fourth-order valence-corrected chi connectivity index (χ4v) is 1.71. The van der Waals surface area contributed by atoms with Gasteiger partial charge in [0.2, 0.25) is 5.89 Å². The Kier molecular flexibility index (Phi) is 4.14. The number of carboxylic acids is 1. The largest absolute Gasteiger partial charge is 0.480 e. The van der Waals surface area contributed by atoms with Crippen LogP contribution in [0.2, 0.25) is 0 Å². The van der Waals surface area contributed by atoms with E-state index in [0.717, 1.165) is 0 Å². The van der Waals surface area contributed by atoms with E-state index in [1.165, 1.54) is 12.3 Å². The quantitative estimate of drug-likeness (QED) is 0.909. The van der Waals surface area contributed by atoms with E-state index < -0.39 is 12.0 Å². The van der Waals surface area contributed by atoms with Crippen LogP contribution in [0.25, 0.3) is 11.3 Å². The van der Waals surface area contributed by atoms with Crippen molar-refractivity contribution >= 4 is 5.97 Å². The highest BCUT2D eigenvalue weighted by atomic mass is 19.1. The molecule has 1 aromatic carbocycles. The van der Waals surface area contributed by atoms with Crippen molar-refractivity contribution in [2.45, 2.75) is 19.5 Å². The number of carboxylic acid groups (broad SMARTS) is 1. The lowest BCUT2D eigenvalue weighted by molar-refractivity contribution is -0.142. The van der Waals surface area contributed by atoms with Gasteiger partial charge in [0, 0.05) is 0 Å². The maximum atomic E-state index is 13.6. The van der Waals surface area contributed by atoms with Crippen molar-refractivity contribution in [1.82, 2.24) is 9.88 Å². The van der Waals surface area contributed by atoms with Gasteiger partial charge in [-0.1, -0.05) is 12.1 Å². The Labute approximate surface area is 115 Å². The Morgan fingerprint density at radius 3 is 2.85 bits per heavy atom. The summed E-state index contributed by atoms with van der Waals surface area (Å²) in [5, 5.41) is 8.91. The third kappa shape index (κ3) is 3.03. The normalized spacial score (nSPS) is 12.6. The van der Waals surface area contributed by atoms with Crippen LogP contribution in [0.3, 0.4) is 0 Å². The monoisotopic (exact) mass is 278 g/mol. The predicted molar refractivity (Wildman–Crippen MR) is 70.5 cm³/mol. The molecule has 1 unspecified atom stereocenters. The number of benzene rings is 1. The number of likely N-dealkylation sites (N-methyl/N-ethyl adjacent to an activating group) is 1. The first-order valence-corrected chi connectivity index (χ1v) is 6.11. The van der Waals surface area contributed by atoms with E-state index in [2.05, 4.69) is 4.98 Å². The standard InChI is InChI=1S/C14H15FN2O3/c1-9(14(18)19)17(2)8-13-16-7-12(20-13)10-5-3-4-6-11(10)15/h3-7,9H,8H2,1-2H3,(H,18,19). The minimum absolute atomic E-state index is 0.238. The zero-order valence-corrected chi connectivity index (χ0v) is 11.2. The second-order valence-corrected chi connectivity index (χ2v) is 4.53. The van der Waals surface area contributed by atoms with Crippen molar-refractivity contribution in [3.8, 4) is 11.3 Å². The molecule has 1 atom stereocenters. The second kappa shape index (κ2) is 5.83. The van der Waals surface area contributed by atoms with E-state index in [0.29, 0.717) is 17.2 Å². The predicted octanol–water partition coefficient (Wildman–Crippen LogP) is 2.39. The van der Waals surface area contributed by atoms with Crippen molar-refractivity contribution in [2.24, 2.45) is 0 Å². The Bertz CT molecular complexity index is 612. The molecule has 0 fully saturated rings. The van der Waals surface area contributed by atoms with Crippen LogP contribution in [0, 0.1) is 5.82 Å². The number of hydrogen-bond acceptors (Lipinski definition) is 4. The summed E-state index contributed by atoms with van der Waals surface area (Å²) >= 11 is 0. The number of aromatic nitrogens is 1. The van der Waals surface area contributed by atoms with Crippen molar-refractivity contribution in [2.75, 3.05) is 7.05 Å². The number of oxazole rings is 1. The van der Waals surface area contributed by atoms with Crippen molar-refractivity contribution in [1.29, 1.82) is 0 Å². The maximum Gasteiger partial charge on any atom is 0.320 e. The van der Waals surface area contributed by atoms with Gasteiger partial charge in [-0.3, -0.25) is 9.69 Å². The summed E-state index contributed by atoms with van der Waals surface area (Å²) < 4.78 is 19.1. The van der Waals surface area contributed by atoms with E-state index in [9.17, 15) is 9.18 Å². The Balaban J connectivity index is 2.14. The molecule has 106 valence electrons. The smallest absolute Gasteiger partial charge is 0.320 e. The van der Waals surface area contributed by atoms with E-state index >= 15 is 0 Å². The maximum absolute atomic E-state index is 13.6. The Morgan fingerprint density at radius 1 is 1.50 bits per heavy atom. The van der Waals surface area contributed by atoms with Gasteiger partial charge in [0.05, 0.1) is 18.3 Å². The number of hydrogen-bond donors (Lipinski definition) is 1.